The zero-order valence-electron chi connectivity index (χ0n) is 35.0. The summed E-state index contributed by atoms with van der Waals surface area (Å²) in [6.45, 7) is 10.2. The van der Waals surface area contributed by atoms with Crippen LogP contribution in [0.2, 0.25) is 0 Å². The second kappa shape index (κ2) is 38.1. The Labute approximate surface area is 325 Å². The third kappa shape index (κ3) is 31.9. The van der Waals surface area contributed by atoms with Crippen LogP contribution < -0.4 is 10.6 Å². The minimum Gasteiger partial charge on any atom is -0.465 e. The number of carbonyl (C=O) groups excluding carboxylic acids is 4. The highest BCUT2D eigenvalue weighted by Gasteiger charge is 2.21. The van der Waals surface area contributed by atoms with Crippen molar-refractivity contribution in [2.75, 3.05) is 26.3 Å². The summed E-state index contributed by atoms with van der Waals surface area (Å²) in [6, 6.07) is 0. The van der Waals surface area contributed by atoms with Crippen LogP contribution in [0, 0.1) is 11.8 Å². The number of hydrogen-bond donors (Lipinski definition) is 3. The summed E-state index contributed by atoms with van der Waals surface area (Å²) in [7, 11) is 0. The highest BCUT2D eigenvalue weighted by atomic mass is 16.5. The van der Waals surface area contributed by atoms with Crippen LogP contribution in [0.5, 0.6) is 0 Å². The molecule has 0 spiro atoms. The second-order valence-electron chi connectivity index (χ2n) is 15.3. The molecule has 0 bridgehead atoms. The molecule has 3 atom stereocenters. The quantitative estimate of drug-likeness (QED) is 0.0421. The van der Waals surface area contributed by atoms with Gasteiger partial charge in [-0.3, -0.25) is 19.2 Å². The zero-order valence-corrected chi connectivity index (χ0v) is 35.0. The van der Waals surface area contributed by atoms with Crippen molar-refractivity contribution in [3.8, 4) is 0 Å². The van der Waals surface area contributed by atoms with Crippen LogP contribution in [-0.4, -0.2) is 61.3 Å². The van der Waals surface area contributed by atoms with Gasteiger partial charge in [0, 0.05) is 13.1 Å². The van der Waals surface area contributed by atoms with Crippen LogP contribution in [0.25, 0.3) is 0 Å². The van der Waals surface area contributed by atoms with Crippen molar-refractivity contribution < 1.29 is 33.8 Å². The number of aliphatic hydroxyl groups excluding tert-OH is 1. The van der Waals surface area contributed by atoms with Crippen molar-refractivity contribution in [2.24, 2.45) is 11.8 Å². The van der Waals surface area contributed by atoms with Gasteiger partial charge in [0.2, 0.25) is 11.8 Å². The number of carbonyl (C=O) groups is 4. The molecule has 3 N–H and O–H groups in total. The Kier molecular flexibility index (Phi) is 36.6. The fourth-order valence-electron chi connectivity index (χ4n) is 6.67. The molecule has 0 aromatic carbocycles. The molecule has 0 saturated heterocycles. The maximum atomic E-state index is 12.8. The fourth-order valence-corrected chi connectivity index (χ4v) is 6.67. The Bertz CT molecular complexity index is 884. The Morgan fingerprint density at radius 1 is 0.453 bits per heavy atom. The number of nitrogens with one attached hydrogen (secondary N) is 2. The first kappa shape index (κ1) is 50.8. The average Bonchev–Trinajstić information content (AvgIpc) is 3.15. The standard InChI is InChI=1S/C44H84N2O7/c1-5-9-13-17-19-23-31-38(29-21-15-11-7-3)43(50)52-35-27-25-33-45-41(48)37-40(47)42(49)46-34-26-28-36-53-44(51)39(30-22-16-12-8-4)32-24-20-18-14-10-6-2/h38-40,47H,5-37H2,1-4H3,(H,45,48)(H,46,49). The van der Waals surface area contributed by atoms with E-state index in [-0.39, 0.29) is 30.2 Å². The summed E-state index contributed by atoms with van der Waals surface area (Å²) in [4.78, 5) is 50.2. The zero-order chi connectivity index (χ0) is 39.2. The first-order valence-electron chi connectivity index (χ1n) is 22.4. The van der Waals surface area contributed by atoms with Gasteiger partial charge < -0.3 is 25.2 Å². The summed E-state index contributed by atoms with van der Waals surface area (Å²) in [6.07, 6.45) is 28.1. The smallest absolute Gasteiger partial charge is 0.308 e. The van der Waals surface area contributed by atoms with Gasteiger partial charge in [0.05, 0.1) is 31.5 Å². The van der Waals surface area contributed by atoms with Crippen LogP contribution in [-0.2, 0) is 28.7 Å². The van der Waals surface area contributed by atoms with Gasteiger partial charge in [0.25, 0.3) is 0 Å². The second-order valence-corrected chi connectivity index (χ2v) is 15.3. The molecule has 0 heterocycles. The summed E-state index contributed by atoms with van der Waals surface area (Å²) in [5.41, 5.74) is 0. The molecule has 0 aliphatic heterocycles. The first-order chi connectivity index (χ1) is 25.8. The number of hydrogen-bond acceptors (Lipinski definition) is 7. The molecule has 9 nitrogen and oxygen atoms in total. The van der Waals surface area contributed by atoms with E-state index in [1.807, 2.05) is 0 Å². The van der Waals surface area contributed by atoms with Gasteiger partial charge in [0.15, 0.2) is 0 Å². The summed E-state index contributed by atoms with van der Waals surface area (Å²) in [5.74, 6) is -1.21. The summed E-state index contributed by atoms with van der Waals surface area (Å²) >= 11 is 0. The number of ether oxygens (including phenoxy) is 2. The number of amides is 2. The molecule has 0 aromatic rings. The Morgan fingerprint density at radius 2 is 0.792 bits per heavy atom. The lowest BCUT2D eigenvalue weighted by Crippen LogP contribution is -2.39. The predicted octanol–water partition coefficient (Wildman–Crippen LogP) is 10.3. The molecule has 0 fully saturated rings. The molecule has 0 aliphatic rings. The minimum atomic E-state index is -1.43. The van der Waals surface area contributed by atoms with E-state index in [1.165, 1.54) is 89.9 Å². The van der Waals surface area contributed by atoms with Crippen molar-refractivity contribution in [3.05, 3.63) is 0 Å². The van der Waals surface area contributed by atoms with Crippen LogP contribution >= 0.6 is 0 Å². The molecule has 9 heteroatoms. The van der Waals surface area contributed by atoms with E-state index >= 15 is 0 Å². The third-order valence-corrected chi connectivity index (χ3v) is 10.2. The molecular formula is C44H84N2O7. The Morgan fingerprint density at radius 3 is 1.19 bits per heavy atom. The largest absolute Gasteiger partial charge is 0.465 e. The van der Waals surface area contributed by atoms with Gasteiger partial charge >= 0.3 is 11.9 Å². The SMILES string of the molecule is CCCCCCCCC(CCCCCC)C(=O)OCCCCNC(=O)CC(O)C(=O)NCCCCOC(=O)C(CCCCCC)CCCCCCCC. The molecule has 0 aliphatic carbocycles. The van der Waals surface area contributed by atoms with Gasteiger partial charge in [-0.2, -0.15) is 0 Å². The van der Waals surface area contributed by atoms with Crippen molar-refractivity contribution in [1.29, 1.82) is 0 Å². The third-order valence-electron chi connectivity index (χ3n) is 10.2. The number of esters is 2. The molecular weight excluding hydrogens is 668 g/mol. The van der Waals surface area contributed by atoms with Crippen molar-refractivity contribution in [3.63, 3.8) is 0 Å². The summed E-state index contributed by atoms with van der Waals surface area (Å²) < 4.78 is 11.2. The van der Waals surface area contributed by atoms with E-state index in [1.54, 1.807) is 0 Å². The molecule has 3 unspecified atom stereocenters. The molecule has 0 saturated carbocycles. The highest BCUT2D eigenvalue weighted by molar-refractivity contribution is 5.87. The summed E-state index contributed by atoms with van der Waals surface area (Å²) in [5, 5.41) is 15.6. The maximum absolute atomic E-state index is 12.8. The van der Waals surface area contributed by atoms with E-state index in [4.69, 9.17) is 9.47 Å². The van der Waals surface area contributed by atoms with Crippen molar-refractivity contribution in [2.45, 2.75) is 220 Å². The van der Waals surface area contributed by atoms with E-state index in [0.717, 1.165) is 64.2 Å². The lowest BCUT2D eigenvalue weighted by atomic mass is 9.94. The van der Waals surface area contributed by atoms with Gasteiger partial charge in [-0.25, -0.2) is 0 Å². The lowest BCUT2D eigenvalue weighted by Gasteiger charge is -2.16. The highest BCUT2D eigenvalue weighted by Crippen LogP contribution is 2.22. The van der Waals surface area contributed by atoms with Crippen LogP contribution in [0.1, 0.15) is 214 Å². The van der Waals surface area contributed by atoms with E-state index in [0.29, 0.717) is 52.0 Å². The number of unbranched alkanes of at least 4 members (excludes halogenated alkanes) is 18. The molecule has 0 aromatic heterocycles. The van der Waals surface area contributed by atoms with Crippen molar-refractivity contribution >= 4 is 23.8 Å². The molecule has 53 heavy (non-hydrogen) atoms. The van der Waals surface area contributed by atoms with Gasteiger partial charge in [0.1, 0.15) is 6.10 Å². The molecule has 0 radical (unpaired) electrons. The fraction of sp³-hybridized carbons (Fsp3) is 0.909. The normalized spacial score (nSPS) is 12.9. The lowest BCUT2D eigenvalue weighted by molar-refractivity contribution is -0.150. The predicted molar refractivity (Wildman–Crippen MR) is 218 cm³/mol. The minimum absolute atomic E-state index is 0.0231. The molecule has 312 valence electrons. The van der Waals surface area contributed by atoms with Gasteiger partial charge in [-0.15, -0.1) is 0 Å². The average molecular weight is 753 g/mol. The van der Waals surface area contributed by atoms with Crippen LogP contribution in [0.3, 0.4) is 0 Å². The van der Waals surface area contributed by atoms with Gasteiger partial charge in [-0.05, 0) is 51.4 Å². The van der Waals surface area contributed by atoms with Crippen LogP contribution in [0.4, 0.5) is 0 Å². The van der Waals surface area contributed by atoms with Crippen LogP contribution in [0.15, 0.2) is 0 Å². The number of aliphatic hydroxyl groups is 1. The van der Waals surface area contributed by atoms with E-state index in [9.17, 15) is 24.3 Å². The maximum Gasteiger partial charge on any atom is 0.308 e. The topological polar surface area (TPSA) is 131 Å². The number of rotatable bonds is 39. The molecule has 2 amide bonds. The van der Waals surface area contributed by atoms with E-state index in [2.05, 4.69) is 38.3 Å². The first-order valence-corrected chi connectivity index (χ1v) is 22.4. The van der Waals surface area contributed by atoms with E-state index < -0.39 is 17.9 Å². The Balaban J connectivity index is 4.21. The van der Waals surface area contributed by atoms with Gasteiger partial charge in [-0.1, -0.05) is 156 Å². The Hall–Kier alpha value is -2.16. The monoisotopic (exact) mass is 753 g/mol. The molecule has 0 rings (SSSR count). The van der Waals surface area contributed by atoms with Crippen molar-refractivity contribution in [1.82, 2.24) is 10.6 Å².